The van der Waals surface area contributed by atoms with Crippen molar-refractivity contribution in [3.8, 4) is 6.07 Å². The number of aromatic nitrogens is 2. The fourth-order valence-corrected chi connectivity index (χ4v) is 1.16. The lowest BCUT2D eigenvalue weighted by atomic mass is 10.3. The van der Waals surface area contributed by atoms with Gasteiger partial charge in [0.05, 0.1) is 11.3 Å². The van der Waals surface area contributed by atoms with Crippen LogP contribution in [0.3, 0.4) is 0 Å². The molecule has 1 heterocycles. The second-order valence-electron chi connectivity index (χ2n) is 2.36. The predicted octanol–water partition coefficient (Wildman–Crippen LogP) is 0.378. The number of rotatable bonds is 2. The van der Waals surface area contributed by atoms with Gasteiger partial charge in [0.2, 0.25) is 0 Å². The van der Waals surface area contributed by atoms with Gasteiger partial charge in [-0.1, -0.05) is 0 Å². The van der Waals surface area contributed by atoms with Crippen LogP contribution in [0.25, 0.3) is 0 Å². The lowest BCUT2D eigenvalue weighted by molar-refractivity contribution is 0.562. The Morgan fingerprint density at radius 2 is 2.46 bits per heavy atom. The molecule has 0 saturated carbocycles. The van der Waals surface area contributed by atoms with Crippen LogP contribution in [0, 0.1) is 18.3 Å². The van der Waals surface area contributed by atoms with Crippen LogP contribution < -0.4 is 0 Å². The molecule has 6 heteroatoms. The summed E-state index contributed by atoms with van der Waals surface area (Å²) in [6, 6.07) is 1.91. The topological polar surface area (TPSA) is 86.9 Å². The van der Waals surface area contributed by atoms with Gasteiger partial charge >= 0.3 is 0 Å². The van der Waals surface area contributed by atoms with Crippen molar-refractivity contribution in [2.45, 2.75) is 12.7 Å². The van der Waals surface area contributed by atoms with Gasteiger partial charge in [0.25, 0.3) is 0 Å². The monoisotopic (exact) mass is 197 g/mol. The van der Waals surface area contributed by atoms with Crippen molar-refractivity contribution in [2.75, 3.05) is 0 Å². The summed E-state index contributed by atoms with van der Waals surface area (Å²) in [5.41, 5.74) is 0.908. The first-order valence-electron chi connectivity index (χ1n) is 3.43. The summed E-state index contributed by atoms with van der Waals surface area (Å²) >= 11 is -1.94. The van der Waals surface area contributed by atoms with Gasteiger partial charge in [-0.2, -0.15) is 5.26 Å². The molecule has 1 aromatic rings. The summed E-state index contributed by atoms with van der Waals surface area (Å²) in [7, 11) is 0. The average molecular weight is 197 g/mol. The second kappa shape index (κ2) is 4.07. The zero-order chi connectivity index (χ0) is 9.84. The van der Waals surface area contributed by atoms with E-state index in [9.17, 15) is 4.21 Å². The Labute approximate surface area is 77.7 Å². The predicted molar refractivity (Wildman–Crippen MR) is 46.0 cm³/mol. The van der Waals surface area contributed by atoms with Gasteiger partial charge in [0.1, 0.15) is 17.6 Å². The van der Waals surface area contributed by atoms with Crippen molar-refractivity contribution in [3.63, 3.8) is 0 Å². The maximum atomic E-state index is 10.4. The summed E-state index contributed by atoms with van der Waals surface area (Å²) < 4.78 is 19.0. The van der Waals surface area contributed by atoms with Gasteiger partial charge in [-0.15, -0.1) is 0 Å². The van der Waals surface area contributed by atoms with Gasteiger partial charge in [-0.05, 0) is 6.92 Å². The summed E-state index contributed by atoms with van der Waals surface area (Å²) in [6.45, 7) is 1.66. The lowest BCUT2D eigenvalue weighted by Gasteiger charge is -1.98. The molecule has 0 radical (unpaired) electrons. The largest absolute Gasteiger partial charge is 0.306 e. The van der Waals surface area contributed by atoms with Crippen molar-refractivity contribution < 1.29 is 8.76 Å². The van der Waals surface area contributed by atoms with E-state index in [4.69, 9.17) is 9.81 Å². The lowest BCUT2D eigenvalue weighted by Crippen LogP contribution is -2.02. The van der Waals surface area contributed by atoms with E-state index in [1.807, 2.05) is 6.07 Å². The molecule has 0 aromatic carbocycles. The second-order valence-corrected chi connectivity index (χ2v) is 3.29. The molecule has 5 nitrogen and oxygen atoms in total. The van der Waals surface area contributed by atoms with Gasteiger partial charge in [0.15, 0.2) is 11.1 Å². The molecule has 0 spiro atoms. The van der Waals surface area contributed by atoms with Gasteiger partial charge in [-0.3, -0.25) is 0 Å². The van der Waals surface area contributed by atoms with E-state index in [1.165, 1.54) is 6.20 Å². The molecule has 0 amide bonds. The molecule has 1 atom stereocenters. The molecule has 1 N–H and O–H groups in total. The minimum absolute atomic E-state index is 0.105. The molecular formula is C7H7N3O2S. The molecule has 13 heavy (non-hydrogen) atoms. The van der Waals surface area contributed by atoms with E-state index in [-0.39, 0.29) is 11.6 Å². The van der Waals surface area contributed by atoms with Gasteiger partial charge in [0, 0.05) is 6.20 Å². The fraction of sp³-hybridized carbons (Fsp3) is 0.286. The minimum Gasteiger partial charge on any atom is -0.306 e. The third kappa shape index (κ3) is 2.57. The zero-order valence-corrected chi connectivity index (χ0v) is 7.71. The third-order valence-corrected chi connectivity index (χ3v) is 1.91. The highest BCUT2D eigenvalue weighted by molar-refractivity contribution is 7.78. The van der Waals surface area contributed by atoms with E-state index < -0.39 is 11.1 Å². The van der Waals surface area contributed by atoms with Crippen LogP contribution >= 0.6 is 0 Å². The van der Waals surface area contributed by atoms with Crippen molar-refractivity contribution in [1.82, 2.24) is 9.97 Å². The van der Waals surface area contributed by atoms with Crippen molar-refractivity contribution in [3.05, 3.63) is 23.3 Å². The fourth-order valence-electron chi connectivity index (χ4n) is 0.805. The summed E-state index contributed by atoms with van der Waals surface area (Å²) in [4.78, 5) is 7.66. The third-order valence-electron chi connectivity index (χ3n) is 1.40. The first kappa shape index (κ1) is 9.77. The molecular weight excluding hydrogens is 190 g/mol. The Morgan fingerprint density at radius 1 is 1.77 bits per heavy atom. The van der Waals surface area contributed by atoms with Crippen LogP contribution in [-0.2, 0) is 16.8 Å². The highest BCUT2D eigenvalue weighted by Gasteiger charge is 2.04. The Balaban J connectivity index is 2.97. The Bertz CT molecular complexity index is 386. The van der Waals surface area contributed by atoms with E-state index in [1.54, 1.807) is 6.92 Å². The first-order valence-corrected chi connectivity index (χ1v) is 4.71. The van der Waals surface area contributed by atoms with Crippen LogP contribution in [0.1, 0.15) is 17.1 Å². The Kier molecular flexibility index (Phi) is 3.06. The van der Waals surface area contributed by atoms with Crippen LogP contribution in [-0.4, -0.2) is 18.7 Å². The van der Waals surface area contributed by atoms with Gasteiger partial charge in [-0.25, -0.2) is 14.2 Å². The number of nitrogens with zero attached hydrogens (tertiary/aromatic N) is 3. The van der Waals surface area contributed by atoms with Crippen LogP contribution in [0.15, 0.2) is 6.20 Å². The molecule has 1 aromatic heterocycles. The van der Waals surface area contributed by atoms with E-state index in [0.29, 0.717) is 11.3 Å². The summed E-state index contributed by atoms with van der Waals surface area (Å²) in [5, 5.41) is 8.55. The average Bonchev–Trinajstić information content (AvgIpc) is 2.03. The number of aryl methyl sites for hydroxylation is 1. The normalized spacial score (nSPS) is 12.1. The van der Waals surface area contributed by atoms with E-state index in [2.05, 4.69) is 9.97 Å². The summed E-state index contributed by atoms with van der Waals surface area (Å²) in [6.07, 6.45) is 1.35. The van der Waals surface area contributed by atoms with Gasteiger partial charge < -0.3 is 4.55 Å². The SMILES string of the molecule is Cc1nc(CS(=O)O)ncc1C#N. The molecule has 0 fully saturated rings. The first-order chi connectivity index (χ1) is 6.13. The number of nitriles is 1. The Morgan fingerprint density at radius 3 is 2.92 bits per heavy atom. The van der Waals surface area contributed by atoms with Crippen LogP contribution in [0.5, 0.6) is 0 Å². The highest BCUT2D eigenvalue weighted by atomic mass is 32.2. The van der Waals surface area contributed by atoms with Crippen molar-refractivity contribution in [1.29, 1.82) is 5.26 Å². The molecule has 0 aliphatic heterocycles. The van der Waals surface area contributed by atoms with E-state index >= 15 is 0 Å². The number of hydrogen-bond donors (Lipinski definition) is 1. The summed E-state index contributed by atoms with van der Waals surface area (Å²) in [5.74, 6) is 0.171. The smallest absolute Gasteiger partial charge is 0.160 e. The highest BCUT2D eigenvalue weighted by Crippen LogP contribution is 2.02. The standard InChI is InChI=1S/C7H7N3O2S/c1-5-6(2-8)3-9-7(10-5)4-13(11)12/h3H,4H2,1H3,(H,11,12). The zero-order valence-electron chi connectivity index (χ0n) is 6.89. The minimum atomic E-state index is -1.94. The quantitative estimate of drug-likeness (QED) is 0.692. The van der Waals surface area contributed by atoms with Crippen molar-refractivity contribution in [2.24, 2.45) is 0 Å². The van der Waals surface area contributed by atoms with Crippen LogP contribution in [0.2, 0.25) is 0 Å². The molecule has 1 unspecified atom stereocenters. The molecule has 68 valence electrons. The van der Waals surface area contributed by atoms with Crippen molar-refractivity contribution >= 4 is 11.1 Å². The maximum absolute atomic E-state index is 10.4. The Hall–Kier alpha value is -1.32. The molecule has 0 bridgehead atoms. The maximum Gasteiger partial charge on any atom is 0.160 e. The molecule has 1 rings (SSSR count). The molecule has 0 saturated heterocycles. The van der Waals surface area contributed by atoms with Crippen LogP contribution in [0.4, 0.5) is 0 Å². The molecule has 0 aliphatic rings. The number of hydrogen-bond acceptors (Lipinski definition) is 4. The molecule has 0 aliphatic carbocycles. The van der Waals surface area contributed by atoms with E-state index in [0.717, 1.165) is 0 Å².